The fourth-order valence-corrected chi connectivity index (χ4v) is 2.47. The van der Waals surface area contributed by atoms with Gasteiger partial charge in [0.25, 0.3) is 0 Å². The third kappa shape index (κ3) is 3.72. The van der Waals surface area contributed by atoms with Gasteiger partial charge < -0.3 is 10.4 Å². The summed E-state index contributed by atoms with van der Waals surface area (Å²) in [5.41, 5.74) is 1.99. The van der Waals surface area contributed by atoms with Crippen molar-refractivity contribution in [2.75, 3.05) is 0 Å². The summed E-state index contributed by atoms with van der Waals surface area (Å²) in [5, 5.41) is 13.6. The molecule has 0 fully saturated rings. The monoisotopic (exact) mass is 339 g/mol. The third-order valence-electron chi connectivity index (χ3n) is 3.02. The average molecular weight is 341 g/mol. The van der Waals surface area contributed by atoms with E-state index in [9.17, 15) is 5.11 Å². The number of rotatable bonds is 4. The number of aromatic hydroxyl groups is 1. The molecule has 0 bridgehead atoms. The van der Waals surface area contributed by atoms with E-state index in [1.165, 1.54) is 5.56 Å². The van der Waals surface area contributed by atoms with Gasteiger partial charge in [-0.25, -0.2) is 0 Å². The number of nitrogens with one attached hydrogen (secondary N) is 1. The van der Waals surface area contributed by atoms with Gasteiger partial charge in [0.05, 0.1) is 5.02 Å². The molecule has 0 heterocycles. The van der Waals surface area contributed by atoms with Crippen LogP contribution in [0, 0.1) is 0 Å². The van der Waals surface area contributed by atoms with Crippen molar-refractivity contribution < 1.29 is 5.11 Å². The van der Waals surface area contributed by atoms with Crippen molar-refractivity contribution in [1.29, 1.82) is 0 Å². The molecule has 0 aliphatic carbocycles. The van der Waals surface area contributed by atoms with E-state index in [2.05, 4.69) is 40.3 Å². The molecule has 2 aromatic rings. The van der Waals surface area contributed by atoms with Crippen LogP contribution in [0.3, 0.4) is 0 Å². The van der Waals surface area contributed by atoms with E-state index >= 15 is 0 Å². The van der Waals surface area contributed by atoms with Crippen LogP contribution in [-0.2, 0) is 6.54 Å². The quantitative estimate of drug-likeness (QED) is 0.848. The largest absolute Gasteiger partial charge is 0.506 e. The highest BCUT2D eigenvalue weighted by molar-refractivity contribution is 9.10. The van der Waals surface area contributed by atoms with E-state index in [1.807, 2.05) is 24.3 Å². The molecule has 1 unspecified atom stereocenters. The molecule has 0 aliphatic heterocycles. The number of phenols is 1. The fraction of sp³-hybridized carbons (Fsp3) is 0.200. The summed E-state index contributed by atoms with van der Waals surface area (Å²) in [5.74, 6) is 0.151. The van der Waals surface area contributed by atoms with Crippen LogP contribution in [0.1, 0.15) is 24.1 Å². The zero-order valence-corrected chi connectivity index (χ0v) is 12.9. The number of benzene rings is 2. The van der Waals surface area contributed by atoms with Crippen LogP contribution >= 0.6 is 27.5 Å². The standard InChI is InChI=1S/C15H15BrClNO/c1-10(11-4-2-6-13(16)8-11)18-9-12-5-3-7-14(17)15(12)19/h2-8,10,18-19H,9H2,1H3. The number of halogens is 2. The van der Waals surface area contributed by atoms with E-state index < -0.39 is 0 Å². The topological polar surface area (TPSA) is 32.3 Å². The minimum Gasteiger partial charge on any atom is -0.506 e. The number of hydrogen-bond acceptors (Lipinski definition) is 2. The Morgan fingerprint density at radius 2 is 2.00 bits per heavy atom. The molecule has 2 N–H and O–H groups in total. The summed E-state index contributed by atoms with van der Waals surface area (Å²) < 4.78 is 1.06. The predicted octanol–water partition coefficient (Wildman–Crippen LogP) is 4.66. The third-order valence-corrected chi connectivity index (χ3v) is 3.82. The molecule has 0 aromatic heterocycles. The van der Waals surface area contributed by atoms with Crippen LogP contribution in [-0.4, -0.2) is 5.11 Å². The molecule has 2 rings (SSSR count). The summed E-state index contributed by atoms with van der Waals surface area (Å²) >= 11 is 9.35. The Labute approximate surface area is 126 Å². The van der Waals surface area contributed by atoms with Gasteiger partial charge in [-0.1, -0.05) is 51.8 Å². The van der Waals surface area contributed by atoms with Crippen molar-refractivity contribution in [3.05, 3.63) is 63.1 Å². The van der Waals surface area contributed by atoms with Crippen molar-refractivity contribution in [2.45, 2.75) is 19.5 Å². The van der Waals surface area contributed by atoms with Gasteiger partial charge in [-0.15, -0.1) is 0 Å². The second kappa shape index (κ2) is 6.42. The zero-order valence-electron chi connectivity index (χ0n) is 10.5. The molecular weight excluding hydrogens is 326 g/mol. The smallest absolute Gasteiger partial charge is 0.138 e. The summed E-state index contributed by atoms with van der Waals surface area (Å²) in [7, 11) is 0. The number of hydrogen-bond donors (Lipinski definition) is 2. The van der Waals surface area contributed by atoms with Crippen molar-refractivity contribution >= 4 is 27.5 Å². The molecule has 2 nitrogen and oxygen atoms in total. The van der Waals surface area contributed by atoms with Gasteiger partial charge in [-0.2, -0.15) is 0 Å². The van der Waals surface area contributed by atoms with E-state index in [-0.39, 0.29) is 11.8 Å². The maximum atomic E-state index is 9.85. The molecule has 1 atom stereocenters. The molecule has 4 heteroatoms. The molecule has 0 spiro atoms. The van der Waals surface area contributed by atoms with E-state index in [1.54, 1.807) is 6.07 Å². The Kier molecular flexibility index (Phi) is 4.86. The van der Waals surface area contributed by atoms with Crippen LogP contribution in [0.25, 0.3) is 0 Å². The van der Waals surface area contributed by atoms with Crippen LogP contribution in [0.4, 0.5) is 0 Å². The van der Waals surface area contributed by atoms with Gasteiger partial charge in [-0.05, 0) is 30.7 Å². The highest BCUT2D eigenvalue weighted by Gasteiger charge is 2.08. The number of para-hydroxylation sites is 1. The van der Waals surface area contributed by atoms with Gasteiger partial charge in [-0.3, -0.25) is 0 Å². The normalized spacial score (nSPS) is 12.4. The summed E-state index contributed by atoms with van der Waals surface area (Å²) in [6, 6.07) is 13.7. The molecule has 0 radical (unpaired) electrons. The minimum absolute atomic E-state index is 0.151. The lowest BCUT2D eigenvalue weighted by Gasteiger charge is -2.15. The summed E-state index contributed by atoms with van der Waals surface area (Å²) in [4.78, 5) is 0. The first kappa shape index (κ1) is 14.4. The van der Waals surface area contributed by atoms with Gasteiger partial charge in [0.2, 0.25) is 0 Å². The van der Waals surface area contributed by atoms with Crippen LogP contribution in [0.5, 0.6) is 5.75 Å². The Hall–Kier alpha value is -1.03. The highest BCUT2D eigenvalue weighted by Crippen LogP contribution is 2.27. The molecule has 100 valence electrons. The number of phenolic OH excluding ortho intramolecular Hbond substituents is 1. The van der Waals surface area contributed by atoms with Crippen molar-refractivity contribution in [3.8, 4) is 5.75 Å². The van der Waals surface area contributed by atoms with E-state index in [0.29, 0.717) is 11.6 Å². The van der Waals surface area contributed by atoms with Crippen molar-refractivity contribution in [1.82, 2.24) is 5.32 Å². The molecule has 0 amide bonds. The lowest BCUT2D eigenvalue weighted by Crippen LogP contribution is -2.18. The van der Waals surface area contributed by atoms with Crippen molar-refractivity contribution in [3.63, 3.8) is 0 Å². The summed E-state index contributed by atoms with van der Waals surface area (Å²) in [6.07, 6.45) is 0. The van der Waals surface area contributed by atoms with E-state index in [4.69, 9.17) is 11.6 Å². The summed E-state index contributed by atoms with van der Waals surface area (Å²) in [6.45, 7) is 2.66. The predicted molar refractivity (Wildman–Crippen MR) is 82.5 cm³/mol. The second-order valence-corrected chi connectivity index (χ2v) is 5.73. The van der Waals surface area contributed by atoms with Gasteiger partial charge >= 0.3 is 0 Å². The van der Waals surface area contributed by atoms with Crippen LogP contribution in [0.2, 0.25) is 5.02 Å². The molecule has 2 aromatic carbocycles. The fourth-order valence-electron chi connectivity index (χ4n) is 1.86. The highest BCUT2D eigenvalue weighted by atomic mass is 79.9. The van der Waals surface area contributed by atoms with Crippen LogP contribution in [0.15, 0.2) is 46.9 Å². The molecule has 0 saturated heterocycles. The maximum Gasteiger partial charge on any atom is 0.138 e. The molecule has 19 heavy (non-hydrogen) atoms. The van der Waals surface area contributed by atoms with Crippen molar-refractivity contribution in [2.24, 2.45) is 0 Å². The van der Waals surface area contributed by atoms with Crippen LogP contribution < -0.4 is 5.32 Å². The Balaban J connectivity index is 2.04. The lowest BCUT2D eigenvalue weighted by molar-refractivity contribution is 0.460. The zero-order chi connectivity index (χ0) is 13.8. The second-order valence-electron chi connectivity index (χ2n) is 4.41. The first-order valence-corrected chi connectivity index (χ1v) is 7.20. The first-order chi connectivity index (χ1) is 9.08. The molecular formula is C15H15BrClNO. The molecule has 0 saturated carbocycles. The Morgan fingerprint density at radius 1 is 1.26 bits per heavy atom. The van der Waals surface area contributed by atoms with Gasteiger partial charge in [0.1, 0.15) is 5.75 Å². The average Bonchev–Trinajstić information content (AvgIpc) is 2.40. The van der Waals surface area contributed by atoms with Gasteiger partial charge in [0.15, 0.2) is 0 Å². The van der Waals surface area contributed by atoms with E-state index in [0.717, 1.165) is 10.0 Å². The SMILES string of the molecule is CC(NCc1cccc(Cl)c1O)c1cccc(Br)c1. The Bertz CT molecular complexity index is 574. The maximum absolute atomic E-state index is 9.85. The van der Waals surface area contributed by atoms with Gasteiger partial charge in [0, 0.05) is 22.6 Å². The minimum atomic E-state index is 0.151. The Morgan fingerprint density at radius 3 is 2.74 bits per heavy atom. The molecule has 0 aliphatic rings. The lowest BCUT2D eigenvalue weighted by atomic mass is 10.1. The first-order valence-electron chi connectivity index (χ1n) is 6.03.